The highest BCUT2D eigenvalue weighted by Gasteiger charge is 2.42. The van der Waals surface area contributed by atoms with Crippen LogP contribution in [0.25, 0.3) is 10.8 Å². The molecular weight excluding hydrogens is 344 g/mol. The second-order valence-electron chi connectivity index (χ2n) is 7.92. The molecule has 0 saturated heterocycles. The van der Waals surface area contributed by atoms with E-state index in [-0.39, 0.29) is 24.2 Å². The Balaban J connectivity index is 1.54. The zero-order valence-corrected chi connectivity index (χ0v) is 15.4. The lowest BCUT2D eigenvalue weighted by Gasteiger charge is -2.28. The summed E-state index contributed by atoms with van der Waals surface area (Å²) in [4.78, 5) is 36.9. The van der Waals surface area contributed by atoms with Crippen molar-refractivity contribution in [2.24, 2.45) is 23.5 Å². The van der Waals surface area contributed by atoms with E-state index in [0.29, 0.717) is 22.6 Å². The largest absolute Gasteiger partial charge is 0.364 e. The fourth-order valence-electron chi connectivity index (χ4n) is 4.97. The number of primary amides is 1. The zero-order chi connectivity index (χ0) is 19.1. The van der Waals surface area contributed by atoms with E-state index in [9.17, 15) is 14.4 Å². The minimum absolute atomic E-state index is 0.000786. The van der Waals surface area contributed by atoms with Gasteiger partial charge in [-0.2, -0.15) is 5.10 Å². The summed E-state index contributed by atoms with van der Waals surface area (Å²) in [5, 5.41) is 7.81. The second-order valence-corrected chi connectivity index (χ2v) is 7.92. The molecule has 2 aliphatic rings. The van der Waals surface area contributed by atoms with Crippen molar-refractivity contribution in [1.29, 1.82) is 0 Å². The van der Waals surface area contributed by atoms with Crippen LogP contribution in [0.15, 0.2) is 29.1 Å². The summed E-state index contributed by atoms with van der Waals surface area (Å²) >= 11 is 0. The number of hydrogen-bond donors (Lipinski definition) is 2. The van der Waals surface area contributed by atoms with Crippen LogP contribution < -0.4 is 16.6 Å². The summed E-state index contributed by atoms with van der Waals surface area (Å²) < 4.78 is 1.03. The summed E-state index contributed by atoms with van der Waals surface area (Å²) in [7, 11) is 0. The quantitative estimate of drug-likeness (QED) is 0.832. The van der Waals surface area contributed by atoms with E-state index in [4.69, 9.17) is 5.73 Å². The van der Waals surface area contributed by atoms with E-state index < -0.39 is 11.5 Å². The molecule has 4 rings (SSSR count). The van der Waals surface area contributed by atoms with Gasteiger partial charge in [-0.15, -0.1) is 0 Å². The lowest BCUT2D eigenvalue weighted by atomic mass is 9.84. The fraction of sp³-hybridized carbons (Fsp3) is 0.500. The van der Waals surface area contributed by atoms with Crippen LogP contribution in [0.5, 0.6) is 0 Å². The Morgan fingerprint density at radius 1 is 1.26 bits per heavy atom. The Morgan fingerprint density at radius 2 is 2.00 bits per heavy atom. The second kappa shape index (κ2) is 6.79. The molecular formula is C20H24N4O3. The van der Waals surface area contributed by atoms with E-state index in [2.05, 4.69) is 10.4 Å². The van der Waals surface area contributed by atoms with Crippen LogP contribution in [-0.4, -0.2) is 27.6 Å². The fourth-order valence-corrected chi connectivity index (χ4v) is 4.97. The van der Waals surface area contributed by atoms with Crippen molar-refractivity contribution in [3.8, 4) is 0 Å². The molecule has 0 radical (unpaired) electrons. The number of carbonyl (C=O) groups excluding carboxylic acids is 2. The molecule has 2 amide bonds. The van der Waals surface area contributed by atoms with E-state index in [1.54, 1.807) is 24.3 Å². The van der Waals surface area contributed by atoms with E-state index in [1.807, 2.05) is 6.92 Å². The van der Waals surface area contributed by atoms with Gasteiger partial charge in [0.1, 0.15) is 6.54 Å². The number of nitrogens with one attached hydrogen (secondary N) is 1. The molecule has 2 aliphatic carbocycles. The van der Waals surface area contributed by atoms with Crippen LogP contribution in [0.4, 0.5) is 0 Å². The zero-order valence-electron chi connectivity index (χ0n) is 15.4. The number of benzene rings is 1. The Morgan fingerprint density at radius 3 is 2.63 bits per heavy atom. The third-order valence-corrected chi connectivity index (χ3v) is 6.22. The van der Waals surface area contributed by atoms with Gasteiger partial charge in [-0.05, 0) is 50.0 Å². The molecule has 2 fully saturated rings. The molecule has 2 aromatic rings. The van der Waals surface area contributed by atoms with Gasteiger partial charge in [0, 0.05) is 11.4 Å². The van der Waals surface area contributed by atoms with Gasteiger partial charge in [0.2, 0.25) is 5.91 Å². The lowest BCUT2D eigenvalue weighted by Crippen LogP contribution is -2.43. The van der Waals surface area contributed by atoms with Gasteiger partial charge in [-0.25, -0.2) is 4.68 Å². The highest BCUT2D eigenvalue weighted by Crippen LogP contribution is 2.49. The number of nitrogens with zero attached hydrogens (tertiary/aromatic N) is 2. The number of rotatable bonds is 5. The number of hydrogen-bond acceptors (Lipinski definition) is 4. The molecule has 7 nitrogen and oxygen atoms in total. The average molecular weight is 368 g/mol. The van der Waals surface area contributed by atoms with Crippen LogP contribution in [0, 0.1) is 17.8 Å². The minimum atomic E-state index is -0.726. The number of aromatic nitrogens is 2. The number of amides is 2. The van der Waals surface area contributed by atoms with Crippen LogP contribution in [0.1, 0.15) is 43.1 Å². The normalized spacial score (nSPS) is 24.9. The average Bonchev–Trinajstić information content (AvgIpc) is 3.27. The topological polar surface area (TPSA) is 107 Å². The molecule has 7 heteroatoms. The molecule has 0 aliphatic heterocycles. The summed E-state index contributed by atoms with van der Waals surface area (Å²) in [5.41, 5.74) is 5.01. The van der Waals surface area contributed by atoms with Gasteiger partial charge in [-0.3, -0.25) is 14.4 Å². The molecule has 0 unspecified atom stereocenters. The third-order valence-electron chi connectivity index (χ3n) is 6.22. The first-order valence-corrected chi connectivity index (χ1v) is 9.53. The van der Waals surface area contributed by atoms with Crippen LogP contribution in [-0.2, 0) is 11.3 Å². The molecule has 4 atom stereocenters. The van der Waals surface area contributed by atoms with Gasteiger partial charge < -0.3 is 11.1 Å². The van der Waals surface area contributed by atoms with Gasteiger partial charge in [0.15, 0.2) is 5.69 Å². The lowest BCUT2D eigenvalue weighted by molar-refractivity contribution is -0.123. The first-order valence-electron chi connectivity index (χ1n) is 9.53. The first-order chi connectivity index (χ1) is 12.9. The Hall–Kier alpha value is -2.70. The van der Waals surface area contributed by atoms with Gasteiger partial charge in [0.25, 0.3) is 11.5 Å². The van der Waals surface area contributed by atoms with Crippen molar-refractivity contribution in [3.05, 3.63) is 40.3 Å². The molecule has 27 heavy (non-hydrogen) atoms. The molecule has 1 aromatic carbocycles. The van der Waals surface area contributed by atoms with Crippen molar-refractivity contribution in [2.75, 3.05) is 0 Å². The molecule has 3 N–H and O–H groups in total. The molecule has 142 valence electrons. The Kier molecular flexibility index (Phi) is 4.45. The maximum absolute atomic E-state index is 12.7. The Bertz CT molecular complexity index is 967. The summed E-state index contributed by atoms with van der Waals surface area (Å²) in [6, 6.07) is 6.73. The van der Waals surface area contributed by atoms with Crippen molar-refractivity contribution < 1.29 is 9.59 Å². The van der Waals surface area contributed by atoms with Crippen LogP contribution in [0.2, 0.25) is 0 Å². The molecule has 0 spiro atoms. The van der Waals surface area contributed by atoms with E-state index in [0.717, 1.165) is 10.6 Å². The predicted octanol–water partition coefficient (Wildman–Crippen LogP) is 1.44. The van der Waals surface area contributed by atoms with Crippen LogP contribution >= 0.6 is 0 Å². The highest BCUT2D eigenvalue weighted by molar-refractivity contribution is 6.04. The number of nitrogens with two attached hydrogens (primary N) is 1. The maximum atomic E-state index is 12.7. The maximum Gasteiger partial charge on any atom is 0.275 e. The SMILES string of the molecule is C[C@@H](NC(=O)Cn1nc(C(N)=O)c2ccccc2c1=O)[C@H]1C[C@H]2CC[C@H]1C2. The van der Waals surface area contributed by atoms with Crippen LogP contribution in [0.3, 0.4) is 0 Å². The Labute approximate surface area is 156 Å². The third kappa shape index (κ3) is 3.22. The summed E-state index contributed by atoms with van der Waals surface area (Å²) in [6.45, 7) is 1.81. The predicted molar refractivity (Wildman–Crippen MR) is 101 cm³/mol. The van der Waals surface area contributed by atoms with Gasteiger partial charge in [-0.1, -0.05) is 24.6 Å². The summed E-state index contributed by atoms with van der Waals surface area (Å²) in [6.07, 6.45) is 5.02. The van der Waals surface area contributed by atoms with E-state index in [1.165, 1.54) is 25.7 Å². The van der Waals surface area contributed by atoms with Crippen molar-refractivity contribution >= 4 is 22.6 Å². The van der Waals surface area contributed by atoms with Crippen molar-refractivity contribution in [2.45, 2.75) is 45.2 Å². The standard InChI is InChI=1S/C20H24N4O3/c1-11(16-9-12-6-7-13(16)8-12)22-17(25)10-24-20(27)15-5-3-2-4-14(15)18(23-24)19(21)26/h2-5,11-13,16H,6-10H2,1H3,(H2,21,26)(H,22,25)/t11-,12+,13+,16-/m1/s1. The minimum Gasteiger partial charge on any atom is -0.364 e. The number of fused-ring (bicyclic) bond motifs is 3. The highest BCUT2D eigenvalue weighted by atomic mass is 16.2. The monoisotopic (exact) mass is 368 g/mol. The number of carbonyl (C=O) groups is 2. The van der Waals surface area contributed by atoms with E-state index >= 15 is 0 Å². The van der Waals surface area contributed by atoms with Crippen molar-refractivity contribution in [3.63, 3.8) is 0 Å². The summed E-state index contributed by atoms with van der Waals surface area (Å²) in [5.74, 6) is 1.02. The first kappa shape index (κ1) is 17.7. The molecule has 2 bridgehead atoms. The molecule has 2 saturated carbocycles. The smallest absolute Gasteiger partial charge is 0.275 e. The molecule has 1 heterocycles. The van der Waals surface area contributed by atoms with Crippen molar-refractivity contribution in [1.82, 2.24) is 15.1 Å². The molecule has 1 aromatic heterocycles. The van der Waals surface area contributed by atoms with Gasteiger partial charge in [0.05, 0.1) is 5.39 Å². The van der Waals surface area contributed by atoms with Gasteiger partial charge >= 0.3 is 0 Å².